The van der Waals surface area contributed by atoms with Crippen LogP contribution in [0.2, 0.25) is 0 Å². The van der Waals surface area contributed by atoms with Crippen molar-refractivity contribution in [3.05, 3.63) is 16.1 Å². The zero-order chi connectivity index (χ0) is 15.5. The van der Waals surface area contributed by atoms with Crippen LogP contribution < -0.4 is 0 Å². The van der Waals surface area contributed by atoms with E-state index in [0.717, 1.165) is 44.2 Å². The fraction of sp³-hybridized carbons (Fsp3) is 0.824. The van der Waals surface area contributed by atoms with Gasteiger partial charge in [0.05, 0.1) is 29.5 Å². The highest BCUT2D eigenvalue weighted by atomic mass is 32.1. The monoisotopic (exact) mass is 324 g/mol. The number of likely N-dealkylation sites (tertiary alicyclic amines) is 1. The van der Waals surface area contributed by atoms with Gasteiger partial charge in [-0.25, -0.2) is 4.98 Å². The molecule has 0 aliphatic carbocycles. The highest BCUT2D eigenvalue weighted by Crippen LogP contribution is 2.32. The molecular formula is C17H28N2O2S. The molecule has 1 aromatic rings. The molecule has 0 aromatic carbocycles. The second kappa shape index (κ2) is 7.39. The van der Waals surface area contributed by atoms with E-state index < -0.39 is 0 Å². The minimum atomic E-state index is 0.293. The first kappa shape index (κ1) is 16.4. The molecule has 3 atom stereocenters. The average molecular weight is 324 g/mol. The fourth-order valence-corrected chi connectivity index (χ4v) is 4.13. The van der Waals surface area contributed by atoms with Crippen molar-refractivity contribution in [3.63, 3.8) is 0 Å². The highest BCUT2D eigenvalue weighted by Gasteiger charge is 2.39. The summed E-state index contributed by atoms with van der Waals surface area (Å²) < 4.78 is 12.0. The number of hydrogen-bond donors (Lipinski definition) is 0. The summed E-state index contributed by atoms with van der Waals surface area (Å²) in [5, 5.41) is 3.35. The quantitative estimate of drug-likeness (QED) is 0.804. The smallest absolute Gasteiger partial charge is 0.0897 e. The lowest BCUT2D eigenvalue weighted by Gasteiger charge is -2.35. The number of thiazole rings is 1. The van der Waals surface area contributed by atoms with Crippen LogP contribution in [0, 0.1) is 12.8 Å². The Kier molecular flexibility index (Phi) is 5.50. The summed E-state index contributed by atoms with van der Waals surface area (Å²) in [5.74, 6) is 0.597. The van der Waals surface area contributed by atoms with E-state index in [0.29, 0.717) is 24.2 Å². The first-order valence-electron chi connectivity index (χ1n) is 8.50. The molecule has 0 spiro atoms. The standard InChI is InChI=1S/C17H28N2O2S/c1-12(2)9-20-10-15-4-5-16-17(21-15)6-7-19(16)8-14-11-22-13(3)18-14/h11-12,15-17H,4-10H2,1-3H3/t15-,16-,17-/m0/s1. The van der Waals surface area contributed by atoms with Crippen molar-refractivity contribution in [2.45, 2.75) is 64.8 Å². The van der Waals surface area contributed by atoms with Crippen molar-refractivity contribution in [1.29, 1.82) is 0 Å². The topological polar surface area (TPSA) is 34.6 Å². The van der Waals surface area contributed by atoms with E-state index in [2.05, 4.69) is 36.0 Å². The van der Waals surface area contributed by atoms with Gasteiger partial charge in [0.25, 0.3) is 0 Å². The molecule has 3 rings (SSSR count). The third-order valence-electron chi connectivity index (χ3n) is 4.54. The lowest BCUT2D eigenvalue weighted by atomic mass is 9.99. The molecule has 0 bridgehead atoms. The number of hydrogen-bond acceptors (Lipinski definition) is 5. The Morgan fingerprint density at radius 2 is 2.27 bits per heavy atom. The van der Waals surface area contributed by atoms with Gasteiger partial charge in [0.2, 0.25) is 0 Å². The number of nitrogens with zero attached hydrogens (tertiary/aromatic N) is 2. The number of aromatic nitrogens is 1. The average Bonchev–Trinajstić information content (AvgIpc) is 3.06. The van der Waals surface area contributed by atoms with Crippen molar-refractivity contribution >= 4 is 11.3 Å². The second-order valence-corrected chi connectivity index (χ2v) is 8.05. The van der Waals surface area contributed by atoms with Crippen molar-refractivity contribution in [1.82, 2.24) is 9.88 Å². The van der Waals surface area contributed by atoms with E-state index in [9.17, 15) is 0 Å². The van der Waals surface area contributed by atoms with Crippen LogP contribution in [0.1, 0.15) is 43.8 Å². The molecule has 0 radical (unpaired) electrons. The third kappa shape index (κ3) is 4.07. The van der Waals surface area contributed by atoms with Gasteiger partial charge in [-0.2, -0.15) is 0 Å². The van der Waals surface area contributed by atoms with Crippen molar-refractivity contribution in [3.8, 4) is 0 Å². The minimum absolute atomic E-state index is 0.293. The van der Waals surface area contributed by atoms with E-state index in [1.165, 1.54) is 12.1 Å². The molecule has 124 valence electrons. The van der Waals surface area contributed by atoms with E-state index in [1.807, 2.05) is 0 Å². The van der Waals surface area contributed by atoms with Gasteiger partial charge in [-0.1, -0.05) is 13.8 Å². The van der Waals surface area contributed by atoms with Crippen LogP contribution in [0.15, 0.2) is 5.38 Å². The molecule has 2 fully saturated rings. The first-order chi connectivity index (χ1) is 10.6. The molecule has 1 aromatic heterocycles. The minimum Gasteiger partial charge on any atom is -0.378 e. The van der Waals surface area contributed by atoms with E-state index in [1.54, 1.807) is 11.3 Å². The number of rotatable bonds is 6. The summed E-state index contributed by atoms with van der Waals surface area (Å²) in [4.78, 5) is 7.16. The lowest BCUT2D eigenvalue weighted by Crippen LogP contribution is -2.43. The van der Waals surface area contributed by atoms with Gasteiger partial charge in [-0.05, 0) is 32.1 Å². The van der Waals surface area contributed by atoms with Crippen molar-refractivity contribution in [2.24, 2.45) is 5.92 Å². The second-order valence-electron chi connectivity index (χ2n) is 6.99. The zero-order valence-corrected chi connectivity index (χ0v) is 14.8. The number of aryl methyl sites for hydroxylation is 1. The maximum atomic E-state index is 6.28. The lowest BCUT2D eigenvalue weighted by molar-refractivity contribution is -0.102. The molecular weight excluding hydrogens is 296 g/mol. The summed E-state index contributed by atoms with van der Waals surface area (Å²) in [5.41, 5.74) is 1.21. The molecule has 4 nitrogen and oxygen atoms in total. The Hall–Kier alpha value is -0.490. The summed E-state index contributed by atoms with van der Waals surface area (Å²) in [6.45, 7) is 10.1. The molecule has 0 amide bonds. The van der Waals surface area contributed by atoms with E-state index in [-0.39, 0.29) is 0 Å². The fourth-order valence-electron chi connectivity index (χ4n) is 3.53. The van der Waals surface area contributed by atoms with Gasteiger partial charge in [0, 0.05) is 31.1 Å². The predicted octanol–water partition coefficient (Wildman–Crippen LogP) is 3.25. The zero-order valence-electron chi connectivity index (χ0n) is 14.0. The molecule has 2 saturated heterocycles. The van der Waals surface area contributed by atoms with Gasteiger partial charge in [-0.15, -0.1) is 11.3 Å². The van der Waals surface area contributed by atoms with Crippen LogP contribution in [0.3, 0.4) is 0 Å². The van der Waals surface area contributed by atoms with Crippen LogP contribution in [0.4, 0.5) is 0 Å². The highest BCUT2D eigenvalue weighted by molar-refractivity contribution is 7.09. The molecule has 22 heavy (non-hydrogen) atoms. The Morgan fingerprint density at radius 1 is 1.41 bits per heavy atom. The third-order valence-corrected chi connectivity index (χ3v) is 5.36. The van der Waals surface area contributed by atoms with E-state index >= 15 is 0 Å². The van der Waals surface area contributed by atoms with Gasteiger partial charge in [0.1, 0.15) is 0 Å². The van der Waals surface area contributed by atoms with Crippen LogP contribution >= 0.6 is 11.3 Å². The number of ether oxygens (including phenoxy) is 2. The predicted molar refractivity (Wildman–Crippen MR) is 89.2 cm³/mol. The van der Waals surface area contributed by atoms with Gasteiger partial charge in [0.15, 0.2) is 0 Å². The maximum Gasteiger partial charge on any atom is 0.0897 e. The molecule has 5 heteroatoms. The Morgan fingerprint density at radius 3 is 3.00 bits per heavy atom. The van der Waals surface area contributed by atoms with Crippen LogP contribution in [0.25, 0.3) is 0 Å². The SMILES string of the molecule is Cc1nc(CN2CC[C@@H]3O[C@H](COCC(C)C)CC[C@@H]32)cs1. The molecule has 3 heterocycles. The summed E-state index contributed by atoms with van der Waals surface area (Å²) in [6.07, 6.45) is 4.17. The van der Waals surface area contributed by atoms with Crippen LogP contribution in [0.5, 0.6) is 0 Å². The molecule has 0 saturated carbocycles. The Labute approximate surface area is 137 Å². The molecule has 0 N–H and O–H groups in total. The van der Waals surface area contributed by atoms with Gasteiger partial charge < -0.3 is 9.47 Å². The van der Waals surface area contributed by atoms with Crippen LogP contribution in [-0.2, 0) is 16.0 Å². The Bertz CT molecular complexity index is 477. The van der Waals surface area contributed by atoms with Crippen molar-refractivity contribution < 1.29 is 9.47 Å². The molecule has 2 aliphatic rings. The molecule has 2 aliphatic heterocycles. The summed E-state index contributed by atoms with van der Waals surface area (Å²) >= 11 is 1.74. The maximum absolute atomic E-state index is 6.28. The van der Waals surface area contributed by atoms with Crippen LogP contribution in [-0.4, -0.2) is 47.9 Å². The summed E-state index contributed by atoms with van der Waals surface area (Å²) in [6, 6.07) is 0.573. The Balaban J connectivity index is 1.47. The van der Waals surface area contributed by atoms with Gasteiger partial charge >= 0.3 is 0 Å². The van der Waals surface area contributed by atoms with Crippen molar-refractivity contribution in [2.75, 3.05) is 19.8 Å². The molecule has 0 unspecified atom stereocenters. The largest absolute Gasteiger partial charge is 0.378 e. The van der Waals surface area contributed by atoms with Gasteiger partial charge in [-0.3, -0.25) is 4.90 Å². The summed E-state index contributed by atoms with van der Waals surface area (Å²) in [7, 11) is 0. The number of fused-ring (bicyclic) bond motifs is 1. The normalized spacial score (nSPS) is 29.2. The first-order valence-corrected chi connectivity index (χ1v) is 9.38. The van der Waals surface area contributed by atoms with E-state index in [4.69, 9.17) is 9.47 Å².